The first-order valence-electron chi connectivity index (χ1n) is 13.4. The molecule has 0 saturated heterocycles. The largest absolute Gasteiger partial charge is 0.268 e. The Bertz CT molecular complexity index is 3030. The van der Waals surface area contributed by atoms with Gasteiger partial charge in [0.2, 0.25) is 10.3 Å². The zero-order valence-corrected chi connectivity index (χ0v) is 23.2. The lowest BCUT2D eigenvalue weighted by Crippen LogP contribution is -2.13. The van der Waals surface area contributed by atoms with Gasteiger partial charge in [-0.3, -0.25) is 9.59 Å². The summed E-state index contributed by atoms with van der Waals surface area (Å²) in [6.45, 7) is 0. The second kappa shape index (κ2) is 7.12. The molecule has 0 aliphatic rings. The van der Waals surface area contributed by atoms with E-state index in [0.717, 1.165) is 32.3 Å². The third kappa shape index (κ3) is 2.31. The lowest BCUT2D eigenvalue weighted by molar-refractivity contribution is 0.536. The molecule has 0 saturated carbocycles. The number of pyridine rings is 2. The second-order valence-electron chi connectivity index (χ2n) is 11.0. The number of thiophene rings is 2. The van der Waals surface area contributed by atoms with Crippen LogP contribution in [0.4, 0.5) is 17.6 Å². The Labute approximate surface area is 246 Å². The summed E-state index contributed by atoms with van der Waals surface area (Å²) in [6, 6.07) is 14.6. The van der Waals surface area contributed by atoms with E-state index < -0.39 is 33.0 Å². The van der Waals surface area contributed by atoms with Gasteiger partial charge in [0, 0.05) is 32.3 Å². The highest BCUT2D eigenvalue weighted by atomic mass is 32.1. The van der Waals surface area contributed by atoms with Crippen LogP contribution in [0.2, 0.25) is 0 Å². The molecule has 0 radical (unpaired) electrons. The van der Waals surface area contributed by atoms with Crippen molar-refractivity contribution in [1.29, 1.82) is 0 Å². The molecule has 0 unspecified atom stereocenters. The van der Waals surface area contributed by atoms with Crippen molar-refractivity contribution in [2.24, 2.45) is 0 Å². The van der Waals surface area contributed by atoms with Gasteiger partial charge in [0.25, 0.3) is 11.1 Å². The Balaban J connectivity index is 1.37. The molecule has 44 heavy (non-hydrogen) atoms. The van der Waals surface area contributed by atoms with Gasteiger partial charge in [-0.2, -0.15) is 8.78 Å². The van der Waals surface area contributed by atoms with Crippen LogP contribution in [0.15, 0.2) is 58.1 Å². The van der Waals surface area contributed by atoms with Crippen molar-refractivity contribution in [3.63, 3.8) is 0 Å². The number of benzene rings is 5. The lowest BCUT2D eigenvalue weighted by Gasteiger charge is -2.18. The van der Waals surface area contributed by atoms with E-state index in [-0.39, 0.29) is 32.0 Å². The van der Waals surface area contributed by atoms with Crippen molar-refractivity contribution in [3.05, 3.63) is 91.1 Å². The molecule has 0 atom stereocenters. The van der Waals surface area contributed by atoms with Crippen molar-refractivity contribution in [1.82, 2.24) is 18.8 Å². The molecule has 0 aliphatic heterocycles. The van der Waals surface area contributed by atoms with E-state index in [0.29, 0.717) is 55.0 Å². The van der Waals surface area contributed by atoms with E-state index in [1.165, 1.54) is 8.80 Å². The van der Waals surface area contributed by atoms with Crippen molar-refractivity contribution in [2.45, 2.75) is 0 Å². The standard InChI is InChI=1S/C32H8F4N4O2S2/c33-21-23-31(43-25(21)35)39-27(37-23)13-5-1-9-10-2-6-14-20-16(30(42)40-28(14)38-24-22(34)26(36)44-32(24)40)8-4-12(18(10)20)11-3-7-15(29(39)41)19(13)17(9)11/h1-8H. The number of fused-ring (bicyclic) bond motifs is 10. The molecule has 208 valence electrons. The molecule has 0 N–H and O–H groups in total. The normalized spacial score (nSPS) is 13.2. The van der Waals surface area contributed by atoms with E-state index in [1.807, 2.05) is 36.4 Å². The first kappa shape index (κ1) is 23.3. The molecule has 6 aromatic heterocycles. The third-order valence-electron chi connectivity index (χ3n) is 9.05. The quantitative estimate of drug-likeness (QED) is 0.0982. The molecular weight excluding hydrogens is 613 g/mol. The van der Waals surface area contributed by atoms with E-state index in [2.05, 4.69) is 9.97 Å². The number of imidazole rings is 2. The monoisotopic (exact) mass is 620 g/mol. The summed E-state index contributed by atoms with van der Waals surface area (Å²) in [4.78, 5) is 36.6. The Kier molecular flexibility index (Phi) is 3.77. The van der Waals surface area contributed by atoms with Crippen LogP contribution in [0.3, 0.4) is 0 Å². The van der Waals surface area contributed by atoms with Gasteiger partial charge < -0.3 is 0 Å². The Hall–Kier alpha value is -5.20. The van der Waals surface area contributed by atoms with Crippen LogP contribution in [-0.2, 0) is 0 Å². The molecule has 6 nitrogen and oxygen atoms in total. The van der Waals surface area contributed by atoms with E-state index in [9.17, 15) is 27.2 Å². The highest BCUT2D eigenvalue weighted by Crippen LogP contribution is 2.46. The number of halogens is 4. The fraction of sp³-hybridized carbons (Fsp3) is 0. The Morgan fingerprint density at radius 1 is 0.477 bits per heavy atom. The maximum Gasteiger partial charge on any atom is 0.265 e. The van der Waals surface area contributed by atoms with E-state index in [4.69, 9.17) is 0 Å². The molecule has 11 aromatic rings. The summed E-state index contributed by atoms with van der Waals surface area (Å²) in [5, 5.41) is 6.30. The lowest BCUT2D eigenvalue weighted by atomic mass is 9.86. The average molecular weight is 621 g/mol. The number of rotatable bonds is 0. The molecule has 5 aromatic carbocycles. The molecule has 0 spiro atoms. The van der Waals surface area contributed by atoms with Crippen LogP contribution < -0.4 is 11.1 Å². The average Bonchev–Trinajstić information content (AvgIpc) is 3.74. The number of hydrogen-bond donors (Lipinski definition) is 0. The van der Waals surface area contributed by atoms with Gasteiger partial charge in [-0.05, 0) is 56.6 Å². The number of aromatic nitrogens is 4. The summed E-state index contributed by atoms with van der Waals surface area (Å²) >= 11 is 1.10. The summed E-state index contributed by atoms with van der Waals surface area (Å²) in [5.74, 6) is -2.15. The minimum absolute atomic E-state index is 0.120. The summed E-state index contributed by atoms with van der Waals surface area (Å²) in [6.07, 6.45) is 0. The van der Waals surface area contributed by atoms with Crippen molar-refractivity contribution < 1.29 is 17.6 Å². The topological polar surface area (TPSA) is 68.7 Å². The zero-order valence-electron chi connectivity index (χ0n) is 21.6. The predicted octanol–water partition coefficient (Wildman–Crippen LogP) is 7.92. The van der Waals surface area contributed by atoms with Crippen molar-refractivity contribution >= 4 is 119 Å². The third-order valence-corrected chi connectivity index (χ3v) is 10.9. The van der Waals surface area contributed by atoms with E-state index in [1.54, 1.807) is 12.1 Å². The smallest absolute Gasteiger partial charge is 0.265 e. The molecule has 0 bridgehead atoms. The predicted molar refractivity (Wildman–Crippen MR) is 166 cm³/mol. The highest BCUT2D eigenvalue weighted by Gasteiger charge is 2.27. The van der Waals surface area contributed by atoms with Crippen LogP contribution >= 0.6 is 22.7 Å². The van der Waals surface area contributed by atoms with Crippen LogP contribution in [0.1, 0.15) is 0 Å². The van der Waals surface area contributed by atoms with Gasteiger partial charge in [-0.25, -0.2) is 27.6 Å². The van der Waals surface area contributed by atoms with Gasteiger partial charge in [0.15, 0.2) is 11.6 Å². The molecule has 6 heterocycles. The van der Waals surface area contributed by atoms with Crippen molar-refractivity contribution in [3.8, 4) is 0 Å². The van der Waals surface area contributed by atoms with Crippen LogP contribution in [0.5, 0.6) is 0 Å². The molecule has 11 rings (SSSR count). The van der Waals surface area contributed by atoms with Crippen molar-refractivity contribution in [2.75, 3.05) is 0 Å². The number of nitrogens with zero attached hydrogens (tertiary/aromatic N) is 4. The maximum atomic E-state index is 14.6. The fourth-order valence-corrected chi connectivity index (χ4v) is 9.03. The second-order valence-corrected chi connectivity index (χ2v) is 12.9. The van der Waals surface area contributed by atoms with Gasteiger partial charge in [0.05, 0.1) is 0 Å². The van der Waals surface area contributed by atoms with E-state index >= 15 is 0 Å². The first-order valence-corrected chi connectivity index (χ1v) is 15.0. The molecule has 0 fully saturated rings. The molecule has 0 aliphatic carbocycles. The van der Waals surface area contributed by atoms with Gasteiger partial charge in [-0.15, -0.1) is 0 Å². The maximum absolute atomic E-state index is 14.6. The van der Waals surface area contributed by atoms with Gasteiger partial charge in [-0.1, -0.05) is 46.9 Å². The first-order chi connectivity index (χ1) is 21.3. The molecule has 0 amide bonds. The minimum atomic E-state index is -1.07. The summed E-state index contributed by atoms with van der Waals surface area (Å²) in [5.41, 5.74) is -0.687. The van der Waals surface area contributed by atoms with Gasteiger partial charge in [0.1, 0.15) is 32.0 Å². The SMILES string of the molecule is O=c1c2ccc3c4ccc5c(=O)n6c(nc7c(F)c(F)sc76)c6ccc(c7ccc(c2c37)c2nc3c(F)c(F)sc3n12)c4c56. The van der Waals surface area contributed by atoms with Crippen LogP contribution in [0.25, 0.3) is 96.6 Å². The Morgan fingerprint density at radius 2 is 0.795 bits per heavy atom. The summed E-state index contributed by atoms with van der Waals surface area (Å²) in [7, 11) is 0. The van der Waals surface area contributed by atoms with Gasteiger partial charge >= 0.3 is 0 Å². The fourth-order valence-electron chi connectivity index (χ4n) is 7.33. The highest BCUT2D eigenvalue weighted by molar-refractivity contribution is 7.17. The summed E-state index contributed by atoms with van der Waals surface area (Å²) < 4.78 is 59.8. The zero-order chi connectivity index (χ0) is 29.5. The minimum Gasteiger partial charge on any atom is -0.268 e. The molecule has 12 heteroatoms. The van der Waals surface area contributed by atoms with Crippen LogP contribution in [0, 0.1) is 21.9 Å². The Morgan fingerprint density at radius 3 is 1.18 bits per heavy atom. The van der Waals surface area contributed by atoms with Crippen LogP contribution in [-0.4, -0.2) is 18.8 Å². The number of hydrogen-bond acceptors (Lipinski definition) is 6. The molecular formula is C32H8F4N4O2S2.